The molecule has 8 bridgehead atoms. The summed E-state index contributed by atoms with van der Waals surface area (Å²) in [6.07, 6.45) is 3.81. The fourth-order valence-electron chi connectivity index (χ4n) is 8.39. The molecule has 6 atom stereocenters. The van der Waals surface area contributed by atoms with E-state index in [1.165, 1.54) is 0 Å². The van der Waals surface area contributed by atoms with Crippen LogP contribution in [0.2, 0.25) is 0 Å². The van der Waals surface area contributed by atoms with Crippen molar-refractivity contribution in [3.05, 3.63) is 0 Å². The number of ether oxygens (including phenoxy) is 3. The number of esters is 2. The van der Waals surface area contributed by atoms with Crippen molar-refractivity contribution in [3.8, 4) is 0 Å². The molecule has 2 aliphatic heterocycles. The van der Waals surface area contributed by atoms with Gasteiger partial charge in [0.2, 0.25) is 0 Å². The Morgan fingerprint density at radius 1 is 1.06 bits per heavy atom. The summed E-state index contributed by atoms with van der Waals surface area (Å²) in [5, 5.41) is -4.79. The summed E-state index contributed by atoms with van der Waals surface area (Å²) in [5.41, 5.74) is -0.542. The summed E-state index contributed by atoms with van der Waals surface area (Å²) < 4.78 is 75.8. The molecule has 6 saturated carbocycles. The highest BCUT2D eigenvalue weighted by Crippen LogP contribution is 2.61. The van der Waals surface area contributed by atoms with Gasteiger partial charge < -0.3 is 18.8 Å². The molecule has 8 fully saturated rings. The third-order valence-electron chi connectivity index (χ3n) is 9.41. The lowest BCUT2D eigenvalue weighted by Gasteiger charge is -2.57. The van der Waals surface area contributed by atoms with Crippen LogP contribution in [0.1, 0.15) is 51.4 Å². The zero-order valence-corrected chi connectivity index (χ0v) is 19.7. The average Bonchev–Trinajstić information content (AvgIpc) is 2.74. The lowest BCUT2D eigenvalue weighted by molar-refractivity contribution is -0.243. The average molecular weight is 518 g/mol. The summed E-state index contributed by atoms with van der Waals surface area (Å²) in [6, 6.07) is 0. The van der Waals surface area contributed by atoms with Gasteiger partial charge in [-0.15, -0.1) is 0 Å². The molecular weight excluding hydrogens is 490 g/mol. The Morgan fingerprint density at radius 2 is 1.66 bits per heavy atom. The Morgan fingerprint density at radius 3 is 2.23 bits per heavy atom. The van der Waals surface area contributed by atoms with E-state index >= 15 is 0 Å². The van der Waals surface area contributed by atoms with Crippen molar-refractivity contribution < 1.29 is 50.3 Å². The summed E-state index contributed by atoms with van der Waals surface area (Å²) in [4.78, 5) is 39.0. The second kappa shape index (κ2) is 7.67. The molecule has 0 aromatic heterocycles. The van der Waals surface area contributed by atoms with E-state index in [-0.39, 0.29) is 24.6 Å². The van der Waals surface area contributed by atoms with Crippen molar-refractivity contribution in [1.29, 1.82) is 0 Å². The van der Waals surface area contributed by atoms with E-state index in [1.54, 1.807) is 0 Å². The van der Waals surface area contributed by atoms with Crippen molar-refractivity contribution in [2.75, 3.05) is 6.61 Å². The molecule has 6 unspecified atom stereocenters. The van der Waals surface area contributed by atoms with Crippen molar-refractivity contribution in [3.63, 3.8) is 0 Å². The van der Waals surface area contributed by atoms with E-state index in [0.717, 1.165) is 38.5 Å². The largest absolute Gasteiger partial charge is 0.743 e. The molecule has 2 heterocycles. The van der Waals surface area contributed by atoms with Crippen LogP contribution in [-0.2, 0) is 38.7 Å². The normalized spacial score (nSPS) is 45.6. The molecule has 0 aromatic carbocycles. The molecule has 2 saturated heterocycles. The SMILES string of the molecule is O=C1C2CC3C(OC(=O)C45CC6CC(CC(C6)C4)C5)C(CC1C3C(=O)OCC(F)(F)S(=O)(=O)[O-])O2. The maximum atomic E-state index is 13.6. The number of hydrogen-bond donors (Lipinski definition) is 0. The number of ketones is 1. The van der Waals surface area contributed by atoms with Gasteiger partial charge in [-0.25, -0.2) is 8.42 Å². The maximum absolute atomic E-state index is 13.6. The Labute approximate surface area is 201 Å². The monoisotopic (exact) mass is 517 g/mol. The first kappa shape index (κ1) is 23.7. The van der Waals surface area contributed by atoms with Gasteiger partial charge in [-0.05, 0) is 69.1 Å². The van der Waals surface area contributed by atoms with Gasteiger partial charge in [0.05, 0.1) is 17.4 Å². The number of carbonyl (C=O) groups is 3. The second-order valence-corrected chi connectivity index (χ2v) is 13.1. The lowest BCUT2D eigenvalue weighted by atomic mass is 9.49. The fraction of sp³-hybridized carbons (Fsp3) is 0.870. The standard InChI is InChI=1S/C23H28F2O9S/c24-23(25,35(29,30)31)9-32-20(27)17-13-4-16-19(14(17)5-15(33-16)18(13)26)34-21(28)22-6-10-1-11(7-22)3-12(2-10)8-22/h10-17,19H,1-9H2,(H,29,30,31)/p-1. The van der Waals surface area contributed by atoms with Crippen LogP contribution in [-0.4, -0.2) is 60.9 Å². The lowest BCUT2D eigenvalue weighted by Crippen LogP contribution is -2.66. The molecule has 6 aliphatic carbocycles. The molecule has 0 N–H and O–H groups in total. The number of carbonyl (C=O) groups excluding carboxylic acids is 3. The summed E-state index contributed by atoms with van der Waals surface area (Å²) in [5.74, 6) is -2.97. The van der Waals surface area contributed by atoms with Gasteiger partial charge >= 0.3 is 17.2 Å². The fourth-order valence-corrected chi connectivity index (χ4v) is 8.59. The predicted molar refractivity (Wildman–Crippen MR) is 109 cm³/mol. The highest BCUT2D eigenvalue weighted by Gasteiger charge is 2.64. The zero-order chi connectivity index (χ0) is 24.9. The number of alkyl halides is 2. The number of rotatable bonds is 6. The predicted octanol–water partition coefficient (Wildman–Crippen LogP) is 1.79. The zero-order valence-electron chi connectivity index (χ0n) is 18.9. The van der Waals surface area contributed by atoms with E-state index in [1.807, 2.05) is 0 Å². The molecule has 0 spiro atoms. The van der Waals surface area contributed by atoms with E-state index in [4.69, 9.17) is 9.47 Å². The highest BCUT2D eigenvalue weighted by molar-refractivity contribution is 7.86. The third-order valence-corrected chi connectivity index (χ3v) is 10.3. The number of hydrogen-bond acceptors (Lipinski definition) is 9. The molecule has 12 heteroatoms. The van der Waals surface area contributed by atoms with Crippen LogP contribution in [0.5, 0.6) is 0 Å². The Balaban J connectivity index is 1.20. The van der Waals surface area contributed by atoms with Gasteiger partial charge in [-0.1, -0.05) is 0 Å². The summed E-state index contributed by atoms with van der Waals surface area (Å²) in [7, 11) is -6.03. The first-order valence-corrected chi connectivity index (χ1v) is 13.7. The summed E-state index contributed by atoms with van der Waals surface area (Å²) >= 11 is 0. The van der Waals surface area contributed by atoms with Crippen LogP contribution >= 0.6 is 0 Å². The van der Waals surface area contributed by atoms with E-state index < -0.39 is 69.4 Å². The van der Waals surface area contributed by atoms with Crippen LogP contribution < -0.4 is 0 Å². The van der Waals surface area contributed by atoms with Gasteiger partial charge in [0, 0.05) is 11.8 Å². The van der Waals surface area contributed by atoms with Crippen LogP contribution in [0.3, 0.4) is 0 Å². The summed E-state index contributed by atoms with van der Waals surface area (Å²) in [6.45, 7) is -1.93. The molecule has 9 nitrogen and oxygen atoms in total. The Kier molecular flexibility index (Phi) is 5.20. The molecule has 0 aromatic rings. The molecule has 8 rings (SSSR count). The van der Waals surface area contributed by atoms with Gasteiger partial charge in [0.15, 0.2) is 22.5 Å². The van der Waals surface area contributed by atoms with E-state index in [9.17, 15) is 36.1 Å². The van der Waals surface area contributed by atoms with Crippen LogP contribution in [0.15, 0.2) is 0 Å². The number of halogens is 2. The van der Waals surface area contributed by atoms with E-state index in [2.05, 4.69) is 4.74 Å². The molecule has 194 valence electrons. The van der Waals surface area contributed by atoms with Crippen molar-refractivity contribution in [1.82, 2.24) is 0 Å². The topological polar surface area (TPSA) is 136 Å². The van der Waals surface area contributed by atoms with Crippen molar-refractivity contribution in [2.45, 2.75) is 74.9 Å². The van der Waals surface area contributed by atoms with Gasteiger partial charge in [0.25, 0.3) is 0 Å². The quantitative estimate of drug-likeness (QED) is 0.381. The van der Waals surface area contributed by atoms with Crippen LogP contribution in [0.25, 0.3) is 0 Å². The molecule has 35 heavy (non-hydrogen) atoms. The second-order valence-electron chi connectivity index (χ2n) is 11.6. The highest BCUT2D eigenvalue weighted by atomic mass is 32.2. The molecule has 0 amide bonds. The first-order valence-electron chi connectivity index (χ1n) is 12.3. The molecular formula is C23H27F2O9S-. The molecule has 0 radical (unpaired) electrons. The first-order chi connectivity index (χ1) is 16.4. The number of Topliss-reactive ketones (excluding diaryl/α,β-unsaturated/α-hetero) is 1. The molecule has 8 aliphatic rings. The van der Waals surface area contributed by atoms with Crippen molar-refractivity contribution in [2.24, 2.45) is 40.9 Å². The van der Waals surface area contributed by atoms with Crippen LogP contribution in [0.4, 0.5) is 8.78 Å². The van der Waals surface area contributed by atoms with E-state index in [0.29, 0.717) is 17.8 Å². The van der Waals surface area contributed by atoms with Gasteiger partial charge in [-0.3, -0.25) is 14.4 Å². The Bertz CT molecular complexity index is 1040. The minimum absolute atomic E-state index is 0.0840. The maximum Gasteiger partial charge on any atom is 0.367 e. The minimum atomic E-state index is -6.03. The smallest absolute Gasteiger partial charge is 0.367 e. The Hall–Kier alpha value is -1.66. The third kappa shape index (κ3) is 3.65. The van der Waals surface area contributed by atoms with Gasteiger partial charge in [0.1, 0.15) is 12.2 Å². The van der Waals surface area contributed by atoms with Crippen molar-refractivity contribution >= 4 is 27.8 Å². The van der Waals surface area contributed by atoms with Gasteiger partial charge in [-0.2, -0.15) is 8.78 Å². The van der Waals surface area contributed by atoms with Crippen LogP contribution in [0, 0.1) is 40.9 Å². The minimum Gasteiger partial charge on any atom is -0.743 e.